The van der Waals surface area contributed by atoms with Crippen molar-refractivity contribution in [2.24, 2.45) is 0 Å². The summed E-state index contributed by atoms with van der Waals surface area (Å²) < 4.78 is 25.7. The lowest BCUT2D eigenvalue weighted by atomic mass is 9.95. The van der Waals surface area contributed by atoms with Gasteiger partial charge in [0.1, 0.15) is 30.0 Å². The molecule has 0 saturated carbocycles. The van der Waals surface area contributed by atoms with Crippen molar-refractivity contribution in [3.63, 3.8) is 0 Å². The third-order valence-corrected chi connectivity index (χ3v) is 7.83. The van der Waals surface area contributed by atoms with E-state index in [0.717, 1.165) is 32.2 Å². The van der Waals surface area contributed by atoms with Crippen LogP contribution in [0.2, 0.25) is 5.15 Å². The van der Waals surface area contributed by atoms with Crippen LogP contribution in [0.3, 0.4) is 0 Å². The van der Waals surface area contributed by atoms with Crippen LogP contribution in [0, 0.1) is 11.3 Å². The Morgan fingerprint density at radius 2 is 1.97 bits per heavy atom. The van der Waals surface area contributed by atoms with E-state index in [-0.39, 0.29) is 47.0 Å². The van der Waals surface area contributed by atoms with Crippen molar-refractivity contribution in [1.82, 2.24) is 19.8 Å². The van der Waals surface area contributed by atoms with Gasteiger partial charge in [-0.15, -0.1) is 0 Å². The third kappa shape index (κ3) is 4.60. The monoisotopic (exact) mass is 506 g/mol. The molecule has 0 spiro atoms. The molecule has 190 valence electrons. The van der Waals surface area contributed by atoms with Gasteiger partial charge in [-0.25, -0.2) is 9.18 Å². The summed E-state index contributed by atoms with van der Waals surface area (Å²) in [4.78, 5) is 27.6. The standard InChI is InChI=1S/C24H32ClFN6O3/c1-23(2,3)35-22(33)32-16-5-6-17(32)13-30(12-16)20-18(10-27)19(25)28-21(29-20)34-14-24-7-4-8-31(24)11-15(26)9-24/h15-17H,4-9,11-14H2,1-3H3/t15-,16?,17?,24+/m1/s1. The van der Waals surface area contributed by atoms with Gasteiger partial charge in [0.25, 0.3) is 0 Å². The number of halogens is 2. The predicted molar refractivity (Wildman–Crippen MR) is 127 cm³/mol. The Labute approximate surface area is 210 Å². The van der Waals surface area contributed by atoms with Crippen LogP contribution in [-0.2, 0) is 4.74 Å². The van der Waals surface area contributed by atoms with E-state index >= 15 is 0 Å². The molecular weight excluding hydrogens is 475 g/mol. The fourth-order valence-electron chi connectivity index (χ4n) is 6.13. The fraction of sp³-hybridized carbons (Fsp3) is 0.750. The van der Waals surface area contributed by atoms with Crippen LogP contribution in [0.25, 0.3) is 0 Å². The molecule has 5 heterocycles. The maximum Gasteiger partial charge on any atom is 0.410 e. The smallest absolute Gasteiger partial charge is 0.410 e. The summed E-state index contributed by atoms with van der Waals surface area (Å²) in [5.74, 6) is 0.416. The summed E-state index contributed by atoms with van der Waals surface area (Å²) in [7, 11) is 0. The van der Waals surface area contributed by atoms with E-state index in [1.54, 1.807) is 0 Å². The zero-order valence-electron chi connectivity index (χ0n) is 20.5. The lowest BCUT2D eigenvalue weighted by Gasteiger charge is -2.42. The number of nitrogens with zero attached hydrogens (tertiary/aromatic N) is 6. The Bertz CT molecular complexity index is 1030. The highest BCUT2D eigenvalue weighted by Gasteiger charge is 2.50. The molecular formula is C24H32ClFN6O3. The maximum absolute atomic E-state index is 14.1. The minimum Gasteiger partial charge on any atom is -0.461 e. The van der Waals surface area contributed by atoms with Crippen molar-refractivity contribution in [1.29, 1.82) is 5.26 Å². The summed E-state index contributed by atoms with van der Waals surface area (Å²) in [5.41, 5.74) is -0.708. The maximum atomic E-state index is 14.1. The summed E-state index contributed by atoms with van der Waals surface area (Å²) >= 11 is 6.39. The number of rotatable bonds is 4. The molecule has 4 atom stereocenters. The van der Waals surface area contributed by atoms with Crippen LogP contribution in [0.5, 0.6) is 6.01 Å². The zero-order valence-corrected chi connectivity index (χ0v) is 21.2. The minimum atomic E-state index is -0.850. The lowest BCUT2D eigenvalue weighted by Crippen LogP contribution is -2.57. The SMILES string of the molecule is CC(C)(C)OC(=O)N1C2CCC1CN(c1nc(OC[C@@]34CCCN3C[C@H](F)C4)nc(Cl)c1C#N)C2. The molecule has 2 unspecified atom stereocenters. The van der Waals surface area contributed by atoms with Gasteiger partial charge in [0, 0.05) is 26.1 Å². The van der Waals surface area contributed by atoms with Gasteiger partial charge in [-0.3, -0.25) is 9.80 Å². The highest BCUT2D eigenvalue weighted by atomic mass is 35.5. The number of anilines is 1. The molecule has 2 bridgehead atoms. The van der Waals surface area contributed by atoms with Crippen LogP contribution < -0.4 is 9.64 Å². The van der Waals surface area contributed by atoms with Gasteiger partial charge < -0.3 is 14.4 Å². The van der Waals surface area contributed by atoms with E-state index < -0.39 is 11.8 Å². The second-order valence-electron chi connectivity index (χ2n) is 11.1. The summed E-state index contributed by atoms with van der Waals surface area (Å²) in [6, 6.07) is 2.13. The number of ether oxygens (including phenoxy) is 2. The van der Waals surface area contributed by atoms with Crippen LogP contribution in [0.1, 0.15) is 58.4 Å². The van der Waals surface area contributed by atoms with Crippen molar-refractivity contribution in [3.8, 4) is 12.1 Å². The number of hydrogen-bond acceptors (Lipinski definition) is 8. The molecule has 0 N–H and O–H groups in total. The number of amides is 1. The summed E-state index contributed by atoms with van der Waals surface area (Å²) in [5, 5.41) is 9.81. The van der Waals surface area contributed by atoms with Crippen molar-refractivity contribution < 1.29 is 18.7 Å². The molecule has 11 heteroatoms. The average molecular weight is 507 g/mol. The first-order chi connectivity index (χ1) is 16.6. The molecule has 1 amide bonds. The lowest BCUT2D eigenvalue weighted by molar-refractivity contribution is 0.0122. The summed E-state index contributed by atoms with van der Waals surface area (Å²) in [6.07, 6.45) is 2.89. The van der Waals surface area contributed by atoms with Crippen LogP contribution in [0.15, 0.2) is 0 Å². The van der Waals surface area contributed by atoms with Gasteiger partial charge in [0.2, 0.25) is 0 Å². The number of hydrogen-bond donors (Lipinski definition) is 0. The third-order valence-electron chi connectivity index (χ3n) is 7.55. The minimum absolute atomic E-state index is 0.0324. The zero-order chi connectivity index (χ0) is 25.0. The molecule has 1 aromatic rings. The van der Waals surface area contributed by atoms with E-state index in [4.69, 9.17) is 21.1 Å². The number of alkyl halides is 1. The van der Waals surface area contributed by atoms with Crippen molar-refractivity contribution in [2.75, 3.05) is 37.7 Å². The van der Waals surface area contributed by atoms with E-state index in [1.807, 2.05) is 30.6 Å². The second-order valence-corrected chi connectivity index (χ2v) is 11.5. The Hall–Kier alpha value is -2.38. The number of piperazine rings is 1. The Morgan fingerprint density at radius 1 is 1.26 bits per heavy atom. The molecule has 5 rings (SSSR count). The summed E-state index contributed by atoms with van der Waals surface area (Å²) in [6.45, 7) is 8.19. The van der Waals surface area contributed by atoms with Gasteiger partial charge >= 0.3 is 12.1 Å². The first kappa shape index (κ1) is 24.3. The molecule has 0 aromatic carbocycles. The molecule has 4 aliphatic rings. The van der Waals surface area contributed by atoms with E-state index in [9.17, 15) is 14.4 Å². The first-order valence-corrected chi connectivity index (χ1v) is 12.7. The van der Waals surface area contributed by atoms with E-state index in [2.05, 4.69) is 20.9 Å². The van der Waals surface area contributed by atoms with Crippen molar-refractivity contribution in [3.05, 3.63) is 10.7 Å². The quantitative estimate of drug-likeness (QED) is 0.572. The number of carbonyl (C=O) groups excluding carboxylic acids is 1. The van der Waals surface area contributed by atoms with Gasteiger partial charge in [0.05, 0.1) is 17.6 Å². The topological polar surface area (TPSA) is 94.8 Å². The molecule has 4 aliphatic heterocycles. The van der Waals surface area contributed by atoms with Gasteiger partial charge in [-0.2, -0.15) is 15.2 Å². The average Bonchev–Trinajstić information content (AvgIpc) is 3.38. The van der Waals surface area contributed by atoms with Gasteiger partial charge in [-0.05, 0) is 53.0 Å². The van der Waals surface area contributed by atoms with Gasteiger partial charge in [-0.1, -0.05) is 11.6 Å². The highest BCUT2D eigenvalue weighted by molar-refractivity contribution is 6.30. The Kier molecular flexibility index (Phi) is 6.20. The number of fused-ring (bicyclic) bond motifs is 3. The molecule has 4 fully saturated rings. The molecule has 0 aliphatic carbocycles. The largest absolute Gasteiger partial charge is 0.461 e. The van der Waals surface area contributed by atoms with Crippen LogP contribution in [0.4, 0.5) is 15.0 Å². The molecule has 35 heavy (non-hydrogen) atoms. The molecule has 4 saturated heterocycles. The number of aromatic nitrogens is 2. The van der Waals surface area contributed by atoms with Crippen molar-refractivity contribution >= 4 is 23.5 Å². The second kappa shape index (κ2) is 8.93. The van der Waals surface area contributed by atoms with Crippen LogP contribution in [-0.4, -0.2) is 88.0 Å². The van der Waals surface area contributed by atoms with E-state index in [1.165, 1.54) is 0 Å². The highest BCUT2D eigenvalue weighted by Crippen LogP contribution is 2.41. The number of carbonyl (C=O) groups is 1. The van der Waals surface area contributed by atoms with E-state index in [0.29, 0.717) is 31.9 Å². The van der Waals surface area contributed by atoms with Crippen LogP contribution >= 0.6 is 11.6 Å². The molecule has 9 nitrogen and oxygen atoms in total. The van der Waals surface area contributed by atoms with Crippen molar-refractivity contribution in [2.45, 2.75) is 82.3 Å². The molecule has 1 aromatic heterocycles. The normalized spacial score (nSPS) is 30.3. The Morgan fingerprint density at radius 3 is 2.63 bits per heavy atom. The van der Waals surface area contributed by atoms with Gasteiger partial charge in [0.15, 0.2) is 11.0 Å². The predicted octanol–water partition coefficient (Wildman–Crippen LogP) is 3.54. The Balaban J connectivity index is 1.34. The molecule has 0 radical (unpaired) electrons. The first-order valence-electron chi connectivity index (χ1n) is 12.3. The fourth-order valence-corrected chi connectivity index (χ4v) is 6.33. The number of nitriles is 1.